The summed E-state index contributed by atoms with van der Waals surface area (Å²) in [4.78, 5) is 0. The third-order valence-corrected chi connectivity index (χ3v) is 3.30. The molecule has 1 aliphatic rings. The van der Waals surface area contributed by atoms with Crippen LogP contribution in [-0.4, -0.2) is 25.8 Å². The highest BCUT2D eigenvalue weighted by atomic mass is 16.5. The van der Waals surface area contributed by atoms with Gasteiger partial charge in [0, 0.05) is 25.7 Å². The molecule has 2 atom stereocenters. The summed E-state index contributed by atoms with van der Waals surface area (Å²) < 4.78 is 5.60. The Morgan fingerprint density at radius 1 is 1.53 bits per heavy atom. The van der Waals surface area contributed by atoms with Crippen molar-refractivity contribution in [3.63, 3.8) is 0 Å². The minimum Gasteiger partial charge on any atom is -0.377 e. The first-order valence-electron chi connectivity index (χ1n) is 6.41. The number of benzene rings is 1. The van der Waals surface area contributed by atoms with Gasteiger partial charge in [-0.25, -0.2) is 0 Å². The van der Waals surface area contributed by atoms with Crippen LogP contribution >= 0.6 is 0 Å². The molecule has 1 aromatic carbocycles. The fourth-order valence-electron chi connectivity index (χ4n) is 2.30. The number of aryl methyl sites for hydroxylation is 1. The maximum atomic E-state index is 5.84. The van der Waals surface area contributed by atoms with Crippen LogP contribution in [0.4, 0.5) is 0 Å². The Morgan fingerprint density at radius 2 is 2.41 bits per heavy atom. The molecule has 0 aromatic heterocycles. The molecule has 0 saturated carbocycles. The highest BCUT2D eigenvalue weighted by Gasteiger charge is 2.17. The van der Waals surface area contributed by atoms with Crippen molar-refractivity contribution in [2.45, 2.75) is 31.9 Å². The molecule has 1 aliphatic heterocycles. The molecular formula is C14H22N2O. The molecule has 0 bridgehead atoms. The van der Waals surface area contributed by atoms with E-state index >= 15 is 0 Å². The van der Waals surface area contributed by atoms with Gasteiger partial charge in [-0.2, -0.15) is 0 Å². The first-order chi connectivity index (χ1) is 8.29. The Morgan fingerprint density at radius 3 is 3.06 bits per heavy atom. The molecule has 3 nitrogen and oxygen atoms in total. The quantitative estimate of drug-likeness (QED) is 0.816. The molecule has 94 valence electrons. The van der Waals surface area contributed by atoms with E-state index in [4.69, 9.17) is 10.5 Å². The van der Waals surface area contributed by atoms with Gasteiger partial charge in [0.1, 0.15) is 0 Å². The van der Waals surface area contributed by atoms with Gasteiger partial charge in [-0.15, -0.1) is 0 Å². The fraction of sp³-hybridized carbons (Fsp3) is 0.571. The summed E-state index contributed by atoms with van der Waals surface area (Å²) in [5, 5.41) is 3.50. The van der Waals surface area contributed by atoms with Crippen LogP contribution in [0, 0.1) is 6.92 Å². The van der Waals surface area contributed by atoms with Crippen LogP contribution in [-0.2, 0) is 4.74 Å². The average Bonchev–Trinajstić information content (AvgIpc) is 2.83. The van der Waals surface area contributed by atoms with Crippen LogP contribution in [0.3, 0.4) is 0 Å². The third-order valence-electron chi connectivity index (χ3n) is 3.30. The number of hydrogen-bond acceptors (Lipinski definition) is 3. The SMILES string of the molecule is Cc1cccc(C(CN)NCC2CCCO2)c1. The average molecular weight is 234 g/mol. The van der Waals surface area contributed by atoms with Gasteiger partial charge in [0.2, 0.25) is 0 Å². The molecule has 0 radical (unpaired) electrons. The predicted octanol–water partition coefficient (Wildman–Crippen LogP) is 1.76. The normalized spacial score (nSPS) is 21.6. The van der Waals surface area contributed by atoms with Crippen LogP contribution in [0.1, 0.15) is 30.0 Å². The Bertz CT molecular complexity index is 348. The predicted molar refractivity (Wildman–Crippen MR) is 70.0 cm³/mol. The molecule has 0 aliphatic carbocycles. The maximum absolute atomic E-state index is 5.84. The summed E-state index contributed by atoms with van der Waals surface area (Å²) >= 11 is 0. The lowest BCUT2D eigenvalue weighted by Gasteiger charge is -2.20. The van der Waals surface area contributed by atoms with Gasteiger partial charge in [-0.1, -0.05) is 29.8 Å². The number of hydrogen-bond donors (Lipinski definition) is 2. The van der Waals surface area contributed by atoms with E-state index < -0.39 is 0 Å². The summed E-state index contributed by atoms with van der Waals surface area (Å²) in [6.07, 6.45) is 2.72. The minimum absolute atomic E-state index is 0.235. The molecule has 3 heteroatoms. The minimum atomic E-state index is 0.235. The van der Waals surface area contributed by atoms with Crippen LogP contribution in [0.15, 0.2) is 24.3 Å². The molecule has 0 spiro atoms. The Labute approximate surface area is 103 Å². The second kappa shape index (κ2) is 6.15. The van der Waals surface area contributed by atoms with Crippen molar-refractivity contribution in [3.8, 4) is 0 Å². The van der Waals surface area contributed by atoms with Gasteiger partial charge in [0.15, 0.2) is 0 Å². The van der Waals surface area contributed by atoms with Crippen molar-refractivity contribution in [2.75, 3.05) is 19.7 Å². The molecule has 1 fully saturated rings. The molecule has 1 aromatic rings. The van der Waals surface area contributed by atoms with E-state index in [2.05, 4.69) is 36.5 Å². The van der Waals surface area contributed by atoms with Crippen molar-refractivity contribution in [1.82, 2.24) is 5.32 Å². The van der Waals surface area contributed by atoms with E-state index in [0.717, 1.165) is 19.6 Å². The molecule has 17 heavy (non-hydrogen) atoms. The van der Waals surface area contributed by atoms with Crippen LogP contribution in [0.2, 0.25) is 0 Å². The summed E-state index contributed by atoms with van der Waals surface area (Å²) in [5.41, 5.74) is 8.38. The largest absolute Gasteiger partial charge is 0.377 e. The highest BCUT2D eigenvalue weighted by Crippen LogP contribution is 2.16. The first-order valence-corrected chi connectivity index (χ1v) is 6.41. The van der Waals surface area contributed by atoms with Gasteiger partial charge in [0.05, 0.1) is 6.10 Å². The number of nitrogens with one attached hydrogen (secondary N) is 1. The zero-order valence-corrected chi connectivity index (χ0v) is 10.5. The number of rotatable bonds is 5. The lowest BCUT2D eigenvalue weighted by Crippen LogP contribution is -2.34. The van der Waals surface area contributed by atoms with Crippen molar-refractivity contribution >= 4 is 0 Å². The van der Waals surface area contributed by atoms with Gasteiger partial charge in [-0.3, -0.25) is 0 Å². The van der Waals surface area contributed by atoms with E-state index in [1.54, 1.807) is 0 Å². The van der Waals surface area contributed by atoms with Crippen molar-refractivity contribution in [3.05, 3.63) is 35.4 Å². The van der Waals surface area contributed by atoms with E-state index in [9.17, 15) is 0 Å². The molecule has 1 heterocycles. The van der Waals surface area contributed by atoms with Crippen LogP contribution < -0.4 is 11.1 Å². The van der Waals surface area contributed by atoms with Gasteiger partial charge < -0.3 is 15.8 Å². The molecule has 2 unspecified atom stereocenters. The maximum Gasteiger partial charge on any atom is 0.0700 e. The number of ether oxygens (including phenoxy) is 1. The lowest BCUT2D eigenvalue weighted by atomic mass is 10.0. The molecule has 1 saturated heterocycles. The molecule has 0 amide bonds. The Balaban J connectivity index is 1.91. The summed E-state index contributed by atoms with van der Waals surface area (Å²) in [6, 6.07) is 8.75. The Kier molecular flexibility index (Phi) is 4.54. The first kappa shape index (κ1) is 12.6. The van der Waals surface area contributed by atoms with Gasteiger partial charge in [-0.05, 0) is 25.3 Å². The zero-order valence-electron chi connectivity index (χ0n) is 10.5. The van der Waals surface area contributed by atoms with Crippen molar-refractivity contribution in [2.24, 2.45) is 5.73 Å². The molecule has 2 rings (SSSR count). The van der Waals surface area contributed by atoms with E-state index in [-0.39, 0.29) is 6.04 Å². The van der Waals surface area contributed by atoms with Gasteiger partial charge >= 0.3 is 0 Å². The summed E-state index contributed by atoms with van der Waals surface area (Å²) in [7, 11) is 0. The van der Waals surface area contributed by atoms with Crippen LogP contribution in [0.5, 0.6) is 0 Å². The second-order valence-electron chi connectivity index (χ2n) is 4.75. The topological polar surface area (TPSA) is 47.3 Å². The van der Waals surface area contributed by atoms with Crippen LogP contribution in [0.25, 0.3) is 0 Å². The van der Waals surface area contributed by atoms with Crippen molar-refractivity contribution in [1.29, 1.82) is 0 Å². The fourth-order valence-corrected chi connectivity index (χ4v) is 2.30. The van der Waals surface area contributed by atoms with Crippen molar-refractivity contribution < 1.29 is 4.74 Å². The molecule has 3 N–H and O–H groups in total. The van der Waals surface area contributed by atoms with E-state index in [1.165, 1.54) is 17.5 Å². The third kappa shape index (κ3) is 3.53. The summed E-state index contributed by atoms with van der Waals surface area (Å²) in [5.74, 6) is 0. The standard InChI is InChI=1S/C14H22N2O/c1-11-4-2-5-12(8-11)14(9-15)16-10-13-6-3-7-17-13/h2,4-5,8,13-14,16H,3,6-7,9-10,15H2,1H3. The smallest absolute Gasteiger partial charge is 0.0700 e. The summed E-state index contributed by atoms with van der Waals surface area (Å²) in [6.45, 7) is 4.53. The second-order valence-corrected chi connectivity index (χ2v) is 4.75. The monoisotopic (exact) mass is 234 g/mol. The highest BCUT2D eigenvalue weighted by molar-refractivity contribution is 5.25. The van der Waals surface area contributed by atoms with E-state index in [1.807, 2.05) is 0 Å². The van der Waals surface area contributed by atoms with Gasteiger partial charge in [0.25, 0.3) is 0 Å². The number of nitrogens with two attached hydrogens (primary N) is 1. The van der Waals surface area contributed by atoms with E-state index in [0.29, 0.717) is 12.6 Å². The lowest BCUT2D eigenvalue weighted by molar-refractivity contribution is 0.107. The zero-order chi connectivity index (χ0) is 12.1. The molecular weight excluding hydrogens is 212 g/mol. The Hall–Kier alpha value is -0.900.